The summed E-state index contributed by atoms with van der Waals surface area (Å²) in [6.07, 6.45) is 0. The Hall–Kier alpha value is -0.913. The molecule has 15 heavy (non-hydrogen) atoms. The van der Waals surface area contributed by atoms with Crippen LogP contribution in [0.4, 0.5) is 0 Å². The molecule has 76 valence electrons. The lowest BCUT2D eigenvalue weighted by molar-refractivity contribution is 1.72. The topological polar surface area (TPSA) is 0 Å². The molecule has 0 spiro atoms. The predicted octanol–water partition coefficient (Wildman–Crippen LogP) is 2.25. The smallest absolute Gasteiger partial charge is 0.134 e. The standard InChI is InChI=1S/C13H15PSi/c1-15(14,12-8-4-2-5-9-12)13-10-6-3-7-11-13/h2-11H,14H2,1H3. The van der Waals surface area contributed by atoms with Crippen LogP contribution < -0.4 is 10.4 Å². The fourth-order valence-electron chi connectivity index (χ4n) is 1.74. The number of rotatable bonds is 2. The van der Waals surface area contributed by atoms with E-state index in [0.29, 0.717) is 0 Å². The summed E-state index contributed by atoms with van der Waals surface area (Å²) in [5, 5.41) is 2.92. The van der Waals surface area contributed by atoms with Crippen molar-refractivity contribution >= 4 is 26.9 Å². The highest BCUT2D eigenvalue weighted by Crippen LogP contribution is 2.12. The van der Waals surface area contributed by atoms with Crippen molar-refractivity contribution < 1.29 is 0 Å². The Balaban J connectivity index is 2.44. The van der Waals surface area contributed by atoms with Crippen molar-refractivity contribution in [2.45, 2.75) is 6.55 Å². The molecule has 2 rings (SSSR count). The molecule has 0 amide bonds. The van der Waals surface area contributed by atoms with E-state index in [9.17, 15) is 0 Å². The third-order valence-corrected chi connectivity index (χ3v) is 7.81. The van der Waals surface area contributed by atoms with Gasteiger partial charge in [0.1, 0.15) is 7.74 Å². The van der Waals surface area contributed by atoms with Crippen LogP contribution in [-0.4, -0.2) is 7.74 Å². The van der Waals surface area contributed by atoms with Crippen LogP contribution in [0.1, 0.15) is 0 Å². The number of hydrogen-bond acceptors (Lipinski definition) is 0. The zero-order valence-electron chi connectivity index (χ0n) is 8.85. The minimum Gasteiger partial charge on any atom is -0.140 e. The van der Waals surface area contributed by atoms with Crippen molar-refractivity contribution in [1.82, 2.24) is 0 Å². The molecule has 0 fully saturated rings. The Kier molecular flexibility index (Phi) is 3.04. The van der Waals surface area contributed by atoms with Gasteiger partial charge in [-0.1, -0.05) is 77.6 Å². The average molecular weight is 230 g/mol. The normalized spacial score (nSPS) is 11.3. The van der Waals surface area contributed by atoms with Gasteiger partial charge in [-0.25, -0.2) is 0 Å². The molecule has 0 bridgehead atoms. The summed E-state index contributed by atoms with van der Waals surface area (Å²) in [5.74, 6) is 0. The highest BCUT2D eigenvalue weighted by atomic mass is 31.3. The van der Waals surface area contributed by atoms with E-state index >= 15 is 0 Å². The van der Waals surface area contributed by atoms with Gasteiger partial charge < -0.3 is 0 Å². The van der Waals surface area contributed by atoms with Gasteiger partial charge in [-0.3, -0.25) is 0 Å². The molecule has 1 atom stereocenters. The van der Waals surface area contributed by atoms with Crippen molar-refractivity contribution in [3.63, 3.8) is 0 Å². The minimum absolute atomic E-state index is 1.46. The molecule has 0 saturated heterocycles. The lowest BCUT2D eigenvalue weighted by atomic mass is 10.4. The first-order chi connectivity index (χ1) is 7.21. The first-order valence-corrected chi connectivity index (χ1v) is 9.42. The van der Waals surface area contributed by atoms with E-state index in [4.69, 9.17) is 0 Å². The first-order valence-electron chi connectivity index (χ1n) is 5.11. The quantitative estimate of drug-likeness (QED) is 0.548. The SMILES string of the molecule is C[Si](P)(c1ccccc1)c1ccccc1. The van der Waals surface area contributed by atoms with Crippen molar-refractivity contribution in [2.24, 2.45) is 0 Å². The van der Waals surface area contributed by atoms with Crippen molar-refractivity contribution in [3.05, 3.63) is 60.7 Å². The highest BCUT2D eigenvalue weighted by molar-refractivity contribution is 7.75. The first kappa shape index (κ1) is 10.6. The van der Waals surface area contributed by atoms with Gasteiger partial charge in [0.15, 0.2) is 0 Å². The fourth-order valence-corrected chi connectivity index (χ4v) is 4.99. The van der Waals surface area contributed by atoms with Gasteiger partial charge in [-0.15, -0.1) is 8.79 Å². The van der Waals surface area contributed by atoms with Crippen molar-refractivity contribution in [1.29, 1.82) is 0 Å². The van der Waals surface area contributed by atoms with Gasteiger partial charge in [0.05, 0.1) is 0 Å². The lowest BCUT2D eigenvalue weighted by Gasteiger charge is -2.23. The summed E-state index contributed by atoms with van der Waals surface area (Å²) in [7, 11) is 1.54. The van der Waals surface area contributed by atoms with Gasteiger partial charge >= 0.3 is 0 Å². The fraction of sp³-hybridized carbons (Fsp3) is 0.0769. The third kappa shape index (κ3) is 2.19. The Morgan fingerprint density at radius 2 is 1.07 bits per heavy atom. The second kappa shape index (κ2) is 4.30. The van der Waals surface area contributed by atoms with Gasteiger partial charge in [0.25, 0.3) is 0 Å². The summed E-state index contributed by atoms with van der Waals surface area (Å²) >= 11 is 0. The van der Waals surface area contributed by atoms with Crippen LogP contribution in [-0.2, 0) is 0 Å². The van der Waals surface area contributed by atoms with Crippen LogP contribution in [0.2, 0.25) is 6.55 Å². The van der Waals surface area contributed by atoms with E-state index < -0.39 is 7.74 Å². The van der Waals surface area contributed by atoms with E-state index in [1.807, 2.05) is 0 Å². The molecule has 0 saturated carbocycles. The maximum atomic E-state index is 3.08. The Labute approximate surface area is 94.4 Å². The van der Waals surface area contributed by atoms with Crippen molar-refractivity contribution in [2.75, 3.05) is 0 Å². The summed E-state index contributed by atoms with van der Waals surface area (Å²) in [5.41, 5.74) is 0. The van der Waals surface area contributed by atoms with Crippen LogP contribution in [0.3, 0.4) is 0 Å². The van der Waals surface area contributed by atoms with E-state index in [1.165, 1.54) is 10.4 Å². The zero-order valence-corrected chi connectivity index (χ0v) is 11.0. The molecular weight excluding hydrogens is 215 g/mol. The average Bonchev–Trinajstić information content (AvgIpc) is 2.31. The second-order valence-electron chi connectivity index (χ2n) is 3.93. The maximum Gasteiger partial charge on any atom is 0.134 e. The molecule has 0 aromatic heterocycles. The van der Waals surface area contributed by atoms with Gasteiger partial charge in [-0.05, 0) is 0 Å². The molecular formula is C13H15PSi. The van der Waals surface area contributed by atoms with Gasteiger partial charge in [0, 0.05) is 0 Å². The highest BCUT2D eigenvalue weighted by Gasteiger charge is 2.25. The molecule has 0 N–H and O–H groups in total. The van der Waals surface area contributed by atoms with Gasteiger partial charge in [0.2, 0.25) is 0 Å². The van der Waals surface area contributed by atoms with Crippen LogP contribution in [0.25, 0.3) is 0 Å². The van der Waals surface area contributed by atoms with Crippen LogP contribution in [0.5, 0.6) is 0 Å². The minimum atomic E-state index is -1.54. The van der Waals surface area contributed by atoms with Gasteiger partial charge in [-0.2, -0.15) is 0 Å². The molecule has 0 nitrogen and oxygen atoms in total. The lowest BCUT2D eigenvalue weighted by Crippen LogP contribution is -2.49. The molecule has 2 aromatic carbocycles. The Morgan fingerprint density at radius 3 is 1.40 bits per heavy atom. The monoisotopic (exact) mass is 230 g/mol. The van der Waals surface area contributed by atoms with Crippen molar-refractivity contribution in [3.8, 4) is 0 Å². The van der Waals surface area contributed by atoms with E-state index in [0.717, 1.165) is 0 Å². The molecule has 0 aliphatic carbocycles. The molecule has 2 aromatic rings. The van der Waals surface area contributed by atoms with Crippen LogP contribution >= 0.6 is 8.79 Å². The summed E-state index contributed by atoms with van der Waals surface area (Å²) < 4.78 is 0. The molecule has 1 unspecified atom stereocenters. The van der Waals surface area contributed by atoms with E-state index in [1.54, 1.807) is 0 Å². The molecule has 0 aliphatic heterocycles. The molecule has 0 heterocycles. The van der Waals surface area contributed by atoms with Crippen LogP contribution in [0, 0.1) is 0 Å². The summed E-state index contributed by atoms with van der Waals surface area (Å²) in [4.78, 5) is 0. The third-order valence-electron chi connectivity index (χ3n) is 2.75. The Morgan fingerprint density at radius 1 is 0.733 bits per heavy atom. The summed E-state index contributed by atoms with van der Waals surface area (Å²) in [6.45, 7) is 2.36. The maximum absolute atomic E-state index is 3.08. The van der Waals surface area contributed by atoms with Crippen LogP contribution in [0.15, 0.2) is 60.7 Å². The Bertz CT molecular complexity index is 381. The molecule has 2 heteroatoms. The summed E-state index contributed by atoms with van der Waals surface area (Å²) in [6, 6.07) is 21.5. The second-order valence-corrected chi connectivity index (χ2v) is 11.0. The number of hydrogen-bond donors (Lipinski definition) is 0. The van der Waals surface area contributed by atoms with E-state index in [2.05, 4.69) is 76.0 Å². The zero-order chi connectivity index (χ0) is 10.7. The predicted molar refractivity (Wildman–Crippen MR) is 73.5 cm³/mol. The molecule has 0 aliphatic rings. The van der Waals surface area contributed by atoms with E-state index in [-0.39, 0.29) is 0 Å². The largest absolute Gasteiger partial charge is 0.140 e. The number of benzene rings is 2. The molecule has 0 radical (unpaired) electrons.